The highest BCUT2D eigenvalue weighted by Crippen LogP contribution is 2.15. The van der Waals surface area contributed by atoms with E-state index in [4.69, 9.17) is 5.73 Å². The van der Waals surface area contributed by atoms with E-state index >= 15 is 0 Å². The maximum absolute atomic E-state index is 5.67. The zero-order chi connectivity index (χ0) is 9.52. The Kier molecular flexibility index (Phi) is 3.30. The second-order valence-electron chi connectivity index (χ2n) is 2.34. The monoisotopic (exact) mass is 170 g/mol. The van der Waals surface area contributed by atoms with Gasteiger partial charge in [0.25, 0.3) is 0 Å². The fourth-order valence-corrected chi connectivity index (χ4v) is 0.803. The lowest BCUT2D eigenvalue weighted by molar-refractivity contribution is 1.62. The summed E-state index contributed by atoms with van der Waals surface area (Å²) in [5.74, 6) is 7.93. The minimum absolute atomic E-state index is 0.682. The van der Waals surface area contributed by atoms with Gasteiger partial charge in [0, 0.05) is 12.0 Å². The Morgan fingerprint density at radius 3 is 2.69 bits per heavy atom. The van der Waals surface area contributed by atoms with Crippen molar-refractivity contribution in [3.63, 3.8) is 0 Å². The first kappa shape index (κ1) is 9.03. The second-order valence-corrected chi connectivity index (χ2v) is 2.34. The van der Waals surface area contributed by atoms with Crippen LogP contribution in [0.1, 0.15) is 6.92 Å². The molecule has 0 fully saturated rings. The predicted molar refractivity (Wildman–Crippen MR) is 55.7 cm³/mol. The molecule has 0 atom stereocenters. The Balaban J connectivity index is 2.70. The van der Waals surface area contributed by atoms with Crippen LogP contribution in [0.15, 0.2) is 24.3 Å². The molecule has 0 spiro atoms. The van der Waals surface area contributed by atoms with Crippen LogP contribution in [0.3, 0.4) is 0 Å². The Labute approximate surface area is 78.1 Å². The summed E-state index contributed by atoms with van der Waals surface area (Å²) < 4.78 is 0. The van der Waals surface area contributed by atoms with E-state index < -0.39 is 0 Å². The highest BCUT2D eigenvalue weighted by molar-refractivity contribution is 5.67. The third kappa shape index (κ3) is 2.81. The van der Waals surface area contributed by atoms with E-state index in [0.717, 1.165) is 5.69 Å². The smallest absolute Gasteiger partial charge is 0.0689 e. The fourth-order valence-electron chi connectivity index (χ4n) is 0.803. The first-order chi connectivity index (χ1) is 6.34. The van der Waals surface area contributed by atoms with Crippen LogP contribution >= 0.6 is 0 Å². The van der Waals surface area contributed by atoms with Gasteiger partial charge in [-0.1, -0.05) is 18.1 Å². The molecule has 3 N–H and O–H groups in total. The summed E-state index contributed by atoms with van der Waals surface area (Å²) in [6.45, 7) is 1.74. The summed E-state index contributed by atoms with van der Waals surface area (Å²) in [4.78, 5) is 0. The molecule has 64 valence electrons. The summed E-state index contributed by atoms with van der Waals surface area (Å²) in [6, 6.07) is 10.1. The SMILES string of the molecule is CC#CC#CNc1ccccc1N. The van der Waals surface area contributed by atoms with Crippen LogP contribution in [0.25, 0.3) is 0 Å². The predicted octanol–water partition coefficient (Wildman–Crippen LogP) is 1.66. The van der Waals surface area contributed by atoms with E-state index in [0.29, 0.717) is 5.69 Å². The van der Waals surface area contributed by atoms with Crippen molar-refractivity contribution in [1.29, 1.82) is 0 Å². The molecule has 0 unspecified atom stereocenters. The van der Waals surface area contributed by atoms with E-state index in [2.05, 4.69) is 29.1 Å². The summed E-state index contributed by atoms with van der Waals surface area (Å²) in [5.41, 5.74) is 7.16. The topological polar surface area (TPSA) is 38.0 Å². The van der Waals surface area contributed by atoms with Crippen molar-refractivity contribution in [2.75, 3.05) is 11.1 Å². The van der Waals surface area contributed by atoms with E-state index in [1.807, 2.05) is 24.3 Å². The molecule has 0 saturated carbocycles. The Morgan fingerprint density at radius 1 is 1.23 bits per heavy atom. The number of rotatable bonds is 1. The molecule has 0 aliphatic rings. The van der Waals surface area contributed by atoms with Crippen LogP contribution in [0, 0.1) is 23.8 Å². The van der Waals surface area contributed by atoms with Gasteiger partial charge in [-0.25, -0.2) is 0 Å². The molecule has 1 rings (SSSR count). The average Bonchev–Trinajstić information content (AvgIpc) is 2.15. The van der Waals surface area contributed by atoms with Crippen molar-refractivity contribution in [2.45, 2.75) is 6.92 Å². The number of hydrogen-bond donors (Lipinski definition) is 2. The van der Waals surface area contributed by atoms with Gasteiger partial charge in [0.2, 0.25) is 0 Å². The van der Waals surface area contributed by atoms with E-state index in [1.54, 1.807) is 6.92 Å². The minimum atomic E-state index is 0.682. The lowest BCUT2D eigenvalue weighted by atomic mass is 10.3. The van der Waals surface area contributed by atoms with Crippen LogP contribution in [0.2, 0.25) is 0 Å². The standard InChI is InChI=1S/C11H10N2/c1-2-3-6-9-13-11-8-5-4-7-10(11)12/h4-5,7-8,13H,12H2,1H3. The number of nitrogen functional groups attached to an aromatic ring is 1. The summed E-state index contributed by atoms with van der Waals surface area (Å²) >= 11 is 0. The van der Waals surface area contributed by atoms with Crippen molar-refractivity contribution in [1.82, 2.24) is 0 Å². The minimum Gasteiger partial charge on any atom is -0.397 e. The molecule has 2 nitrogen and oxygen atoms in total. The molecule has 0 amide bonds. The number of nitrogens with one attached hydrogen (secondary N) is 1. The van der Waals surface area contributed by atoms with Crippen LogP contribution in [0.4, 0.5) is 11.4 Å². The second kappa shape index (κ2) is 4.74. The molecule has 13 heavy (non-hydrogen) atoms. The van der Waals surface area contributed by atoms with Crippen LogP contribution in [-0.2, 0) is 0 Å². The van der Waals surface area contributed by atoms with Crippen molar-refractivity contribution < 1.29 is 0 Å². The van der Waals surface area contributed by atoms with Crippen LogP contribution < -0.4 is 11.1 Å². The van der Waals surface area contributed by atoms with E-state index in [9.17, 15) is 0 Å². The normalized spacial score (nSPS) is 7.46. The van der Waals surface area contributed by atoms with Gasteiger partial charge >= 0.3 is 0 Å². The van der Waals surface area contributed by atoms with E-state index in [1.165, 1.54) is 0 Å². The fraction of sp³-hybridized carbons (Fsp3) is 0.0909. The first-order valence-corrected chi connectivity index (χ1v) is 3.87. The summed E-state index contributed by atoms with van der Waals surface area (Å²) in [5, 5.41) is 2.86. The van der Waals surface area contributed by atoms with Gasteiger partial charge in [-0.2, -0.15) is 0 Å². The summed E-state index contributed by atoms with van der Waals surface area (Å²) in [7, 11) is 0. The van der Waals surface area contributed by atoms with Gasteiger partial charge in [0.1, 0.15) is 0 Å². The molecule has 0 aromatic heterocycles. The van der Waals surface area contributed by atoms with Crippen molar-refractivity contribution in [3.05, 3.63) is 24.3 Å². The van der Waals surface area contributed by atoms with Gasteiger partial charge in [-0.3, -0.25) is 0 Å². The number of nitrogens with two attached hydrogens (primary N) is 1. The Morgan fingerprint density at radius 2 is 2.00 bits per heavy atom. The van der Waals surface area contributed by atoms with Gasteiger partial charge in [-0.15, -0.1) is 0 Å². The molecule has 0 bridgehead atoms. The molecule has 0 radical (unpaired) electrons. The largest absolute Gasteiger partial charge is 0.397 e. The number of benzene rings is 1. The van der Waals surface area contributed by atoms with Crippen LogP contribution in [0.5, 0.6) is 0 Å². The third-order valence-corrected chi connectivity index (χ3v) is 1.41. The number of hydrogen-bond acceptors (Lipinski definition) is 2. The molecular weight excluding hydrogens is 160 g/mol. The van der Waals surface area contributed by atoms with Gasteiger partial charge in [-0.05, 0) is 25.0 Å². The van der Waals surface area contributed by atoms with Gasteiger partial charge < -0.3 is 11.1 Å². The molecule has 2 heteroatoms. The quantitative estimate of drug-likeness (QED) is 0.382. The lowest BCUT2D eigenvalue weighted by Gasteiger charge is -2.00. The first-order valence-electron chi connectivity index (χ1n) is 3.87. The molecule has 1 aromatic carbocycles. The number of anilines is 2. The molecule has 0 aliphatic heterocycles. The highest BCUT2D eigenvalue weighted by atomic mass is 14.9. The van der Waals surface area contributed by atoms with Crippen molar-refractivity contribution in [2.24, 2.45) is 0 Å². The maximum Gasteiger partial charge on any atom is 0.0689 e. The lowest BCUT2D eigenvalue weighted by Crippen LogP contribution is -1.93. The zero-order valence-electron chi connectivity index (χ0n) is 7.39. The summed E-state index contributed by atoms with van der Waals surface area (Å²) in [6.07, 6.45) is 0. The van der Waals surface area contributed by atoms with Crippen LogP contribution in [-0.4, -0.2) is 0 Å². The van der Waals surface area contributed by atoms with Crippen molar-refractivity contribution in [3.8, 4) is 23.8 Å². The van der Waals surface area contributed by atoms with Crippen molar-refractivity contribution >= 4 is 11.4 Å². The molecule has 0 aliphatic carbocycles. The highest BCUT2D eigenvalue weighted by Gasteiger charge is 1.91. The van der Waals surface area contributed by atoms with E-state index in [-0.39, 0.29) is 0 Å². The van der Waals surface area contributed by atoms with Gasteiger partial charge in [0.15, 0.2) is 0 Å². The zero-order valence-corrected chi connectivity index (χ0v) is 7.39. The Hall–Kier alpha value is -2.06. The molecule has 1 aromatic rings. The average molecular weight is 170 g/mol. The third-order valence-electron chi connectivity index (χ3n) is 1.41. The number of para-hydroxylation sites is 2. The van der Waals surface area contributed by atoms with Gasteiger partial charge in [0.05, 0.1) is 11.4 Å². The molecule has 0 heterocycles. The molecular formula is C11H10N2. The molecule has 0 saturated heterocycles. The maximum atomic E-state index is 5.67. The Bertz CT molecular complexity index is 399.